The number of anilines is 3. The summed E-state index contributed by atoms with van der Waals surface area (Å²) in [6.45, 7) is 5.55. The number of nitrogens with zero attached hydrogens (tertiary/aromatic N) is 2. The number of hydrogen-bond donors (Lipinski definition) is 3. The van der Waals surface area contributed by atoms with Gasteiger partial charge >= 0.3 is 0 Å². The fourth-order valence-corrected chi connectivity index (χ4v) is 3.94. The van der Waals surface area contributed by atoms with E-state index in [1.54, 1.807) is 39.7 Å². The van der Waals surface area contributed by atoms with Crippen LogP contribution in [0.5, 0.6) is 11.6 Å². The van der Waals surface area contributed by atoms with Gasteiger partial charge in [0, 0.05) is 67.8 Å². The quantitative estimate of drug-likeness (QED) is 0.128. The van der Waals surface area contributed by atoms with E-state index in [0.29, 0.717) is 74.1 Å². The number of ether oxygens (including phenoxy) is 5. The minimum atomic E-state index is -0.163. The lowest BCUT2D eigenvalue weighted by Crippen LogP contribution is -2.27. The molecular weight excluding hydrogens is 550 g/mol. The molecule has 0 saturated heterocycles. The third-order valence-corrected chi connectivity index (χ3v) is 6.14. The lowest BCUT2D eigenvalue weighted by atomic mass is 10.1. The Kier molecular flexibility index (Phi) is 14.1. The van der Waals surface area contributed by atoms with Gasteiger partial charge in [-0.25, -0.2) is 4.98 Å². The van der Waals surface area contributed by atoms with E-state index in [-0.39, 0.29) is 5.91 Å². The molecule has 0 unspecified atom stereocenters. The number of nitrogens with one attached hydrogen (secondary N) is 2. The van der Waals surface area contributed by atoms with Crippen molar-refractivity contribution in [2.75, 3.05) is 72.0 Å². The molecule has 1 aromatic heterocycles. The highest BCUT2D eigenvalue weighted by Gasteiger charge is 2.11. The second kappa shape index (κ2) is 18.3. The molecule has 0 radical (unpaired) electrons. The van der Waals surface area contributed by atoms with Crippen molar-refractivity contribution in [1.82, 2.24) is 15.3 Å². The van der Waals surface area contributed by atoms with Crippen molar-refractivity contribution in [2.45, 2.75) is 13.3 Å². The van der Waals surface area contributed by atoms with Gasteiger partial charge in [-0.15, -0.1) is 0 Å². The third kappa shape index (κ3) is 10.8. The Morgan fingerprint density at radius 3 is 2.28 bits per heavy atom. The maximum Gasteiger partial charge on any atom is 0.251 e. The van der Waals surface area contributed by atoms with Crippen LogP contribution in [0.2, 0.25) is 0 Å². The number of rotatable bonds is 15. The largest absolute Gasteiger partial charge is 0.438 e. The number of hydrogen-bond acceptors (Lipinski definition) is 10. The Morgan fingerprint density at radius 2 is 1.58 bits per heavy atom. The van der Waals surface area contributed by atoms with Crippen LogP contribution in [0, 0.1) is 0 Å². The number of nitrogens with two attached hydrogens (primary N) is 1. The molecule has 230 valence electrons. The molecular formula is C32H41N5O6. The minimum Gasteiger partial charge on any atom is -0.438 e. The first-order valence-corrected chi connectivity index (χ1v) is 14.0. The van der Waals surface area contributed by atoms with E-state index in [4.69, 9.17) is 29.4 Å². The fourth-order valence-electron chi connectivity index (χ4n) is 3.94. The van der Waals surface area contributed by atoms with Gasteiger partial charge in [0.2, 0.25) is 11.8 Å². The smallest absolute Gasteiger partial charge is 0.251 e. The summed E-state index contributed by atoms with van der Waals surface area (Å²) in [4.78, 5) is 21.3. The molecule has 11 nitrogen and oxygen atoms in total. The van der Waals surface area contributed by atoms with Crippen LogP contribution in [0.15, 0.2) is 66.9 Å². The van der Waals surface area contributed by atoms with Crippen molar-refractivity contribution < 1.29 is 28.5 Å². The zero-order chi connectivity index (χ0) is 30.9. The average Bonchev–Trinajstić information content (AvgIpc) is 3.03. The minimum absolute atomic E-state index is 0.163. The van der Waals surface area contributed by atoms with Crippen molar-refractivity contribution in [3.8, 4) is 11.6 Å². The standard InChI is InChI=1S/C26H27N5O3.C6H14O3/c1-3-17-14-18(25(32)28-12-13-33-2)16-19(15-17)30-26-29-11-10-24(31-26)34-23-9-8-22(27)20-6-4-5-7-21(20)23;1-7-3-5-9-6-4-8-2/h4-11,14-16H,3,12-13,27H2,1-2H3,(H,28,32)(H,29,30,31);3-6H2,1-2H3. The van der Waals surface area contributed by atoms with E-state index in [9.17, 15) is 4.79 Å². The lowest BCUT2D eigenvalue weighted by molar-refractivity contribution is 0.0385. The van der Waals surface area contributed by atoms with Crippen molar-refractivity contribution in [3.63, 3.8) is 0 Å². The molecule has 0 bridgehead atoms. The van der Waals surface area contributed by atoms with Crippen LogP contribution < -0.4 is 21.1 Å². The van der Waals surface area contributed by atoms with Gasteiger partial charge in [-0.3, -0.25) is 4.79 Å². The molecule has 1 heterocycles. The van der Waals surface area contributed by atoms with E-state index >= 15 is 0 Å². The van der Waals surface area contributed by atoms with E-state index in [0.717, 1.165) is 22.8 Å². The van der Waals surface area contributed by atoms with Crippen LogP contribution in [0.3, 0.4) is 0 Å². The predicted molar refractivity (Wildman–Crippen MR) is 168 cm³/mol. The van der Waals surface area contributed by atoms with Gasteiger partial charge in [-0.05, 0) is 42.3 Å². The molecule has 0 spiro atoms. The number of fused-ring (bicyclic) bond motifs is 1. The van der Waals surface area contributed by atoms with Crippen LogP contribution in [-0.4, -0.2) is 76.8 Å². The van der Waals surface area contributed by atoms with E-state index in [1.807, 2.05) is 55.5 Å². The van der Waals surface area contributed by atoms with Crippen LogP contribution >= 0.6 is 0 Å². The van der Waals surface area contributed by atoms with Crippen molar-refractivity contribution in [1.29, 1.82) is 0 Å². The SMILES string of the molecule is CCc1cc(Nc2nccc(Oc3ccc(N)c4ccccc34)n2)cc(C(=O)NCCOC)c1.COCCOCCOC. The van der Waals surface area contributed by atoms with Crippen molar-refractivity contribution in [2.24, 2.45) is 0 Å². The van der Waals surface area contributed by atoms with Gasteiger partial charge < -0.3 is 40.1 Å². The molecule has 11 heteroatoms. The normalized spacial score (nSPS) is 10.6. The Hall–Kier alpha value is -4.29. The van der Waals surface area contributed by atoms with Gasteiger partial charge in [-0.2, -0.15) is 4.98 Å². The molecule has 0 fully saturated rings. The average molecular weight is 592 g/mol. The van der Waals surface area contributed by atoms with E-state index in [1.165, 1.54) is 0 Å². The first kappa shape index (κ1) is 33.2. The molecule has 4 rings (SSSR count). The summed E-state index contributed by atoms with van der Waals surface area (Å²) in [6.07, 6.45) is 2.40. The Labute approximate surface area is 252 Å². The molecule has 4 N–H and O–H groups in total. The predicted octanol–water partition coefficient (Wildman–Crippen LogP) is 4.98. The molecule has 3 aromatic carbocycles. The fraction of sp³-hybridized carbons (Fsp3) is 0.344. The highest BCUT2D eigenvalue weighted by Crippen LogP contribution is 2.32. The number of carbonyl (C=O) groups excluding carboxylic acids is 1. The molecule has 4 aromatic rings. The maximum absolute atomic E-state index is 12.5. The zero-order valence-electron chi connectivity index (χ0n) is 25.2. The van der Waals surface area contributed by atoms with Gasteiger partial charge in [0.1, 0.15) is 5.75 Å². The number of carbonyl (C=O) groups is 1. The third-order valence-electron chi connectivity index (χ3n) is 6.14. The Balaban J connectivity index is 0.000000489. The number of methoxy groups -OCH3 is 3. The molecule has 43 heavy (non-hydrogen) atoms. The molecule has 0 atom stereocenters. The lowest BCUT2D eigenvalue weighted by Gasteiger charge is -2.12. The van der Waals surface area contributed by atoms with Crippen LogP contribution in [0.1, 0.15) is 22.8 Å². The summed E-state index contributed by atoms with van der Waals surface area (Å²) in [7, 11) is 4.90. The summed E-state index contributed by atoms with van der Waals surface area (Å²) < 4.78 is 25.6. The number of benzene rings is 3. The van der Waals surface area contributed by atoms with Gasteiger partial charge in [0.15, 0.2) is 0 Å². The van der Waals surface area contributed by atoms with Crippen LogP contribution in [-0.2, 0) is 25.4 Å². The summed E-state index contributed by atoms with van der Waals surface area (Å²) >= 11 is 0. The van der Waals surface area contributed by atoms with Crippen molar-refractivity contribution in [3.05, 3.63) is 78.0 Å². The topological polar surface area (TPSA) is 139 Å². The Morgan fingerprint density at radius 1 is 0.860 bits per heavy atom. The number of nitrogen functional groups attached to an aromatic ring is 1. The molecule has 0 aliphatic heterocycles. The molecule has 0 aliphatic rings. The second-order valence-electron chi connectivity index (χ2n) is 9.26. The first-order chi connectivity index (χ1) is 21.0. The highest BCUT2D eigenvalue weighted by atomic mass is 16.5. The molecule has 0 saturated carbocycles. The number of amides is 1. The zero-order valence-corrected chi connectivity index (χ0v) is 25.2. The van der Waals surface area contributed by atoms with Gasteiger partial charge in [-0.1, -0.05) is 31.2 Å². The second-order valence-corrected chi connectivity index (χ2v) is 9.26. The number of aromatic nitrogens is 2. The highest BCUT2D eigenvalue weighted by molar-refractivity contribution is 5.97. The van der Waals surface area contributed by atoms with Crippen LogP contribution in [0.4, 0.5) is 17.3 Å². The summed E-state index contributed by atoms with van der Waals surface area (Å²) in [5, 5.41) is 7.85. The molecule has 0 aliphatic carbocycles. The van der Waals surface area contributed by atoms with E-state index < -0.39 is 0 Å². The van der Waals surface area contributed by atoms with Gasteiger partial charge in [0.25, 0.3) is 5.91 Å². The van der Waals surface area contributed by atoms with Crippen molar-refractivity contribution >= 4 is 34.0 Å². The summed E-state index contributed by atoms with van der Waals surface area (Å²) in [5.74, 6) is 1.23. The summed E-state index contributed by atoms with van der Waals surface area (Å²) in [6, 6.07) is 18.7. The first-order valence-electron chi connectivity index (χ1n) is 14.0. The van der Waals surface area contributed by atoms with Gasteiger partial charge in [0.05, 0.1) is 33.0 Å². The van der Waals surface area contributed by atoms with Crippen LogP contribution in [0.25, 0.3) is 10.8 Å². The Bertz CT molecular complexity index is 1430. The number of aryl methyl sites for hydroxylation is 1. The maximum atomic E-state index is 12.5. The molecule has 1 amide bonds. The van der Waals surface area contributed by atoms with E-state index in [2.05, 4.69) is 20.6 Å². The monoisotopic (exact) mass is 591 g/mol. The summed E-state index contributed by atoms with van der Waals surface area (Å²) in [5.41, 5.74) is 9.06.